The van der Waals surface area contributed by atoms with Crippen molar-refractivity contribution in [1.29, 1.82) is 0 Å². The lowest BCUT2D eigenvalue weighted by Crippen LogP contribution is -2.51. The van der Waals surface area contributed by atoms with E-state index >= 15 is 0 Å². The molecule has 1 fully saturated rings. The van der Waals surface area contributed by atoms with Gasteiger partial charge < -0.3 is 29.0 Å². The van der Waals surface area contributed by atoms with Crippen LogP contribution in [0, 0.1) is 0 Å². The number of nitrogens with zero attached hydrogens (tertiary/aromatic N) is 1. The Bertz CT molecular complexity index is 1410. The number of fused-ring (bicyclic) bond motifs is 1. The molecule has 4 aromatic rings. The standard InChI is InChI=1S/C34H36BrNO5/c35-21-26-7-9-30-20-27(8-10-29(30)19-26)24-41-33-22-36(34(37)38)16-15-32(33)28-11-13-31(14-12-28)40-18-4-17-39-23-25-5-2-1-3-6-25/h1-3,5-14,19-20,32-33H,4,15-18,21-24H2,(H,37,38)/p-1. The van der Waals surface area contributed by atoms with Gasteiger partial charge in [0.15, 0.2) is 0 Å². The van der Waals surface area contributed by atoms with E-state index in [1.165, 1.54) is 15.8 Å². The maximum atomic E-state index is 11.6. The predicted molar refractivity (Wildman–Crippen MR) is 162 cm³/mol. The third kappa shape index (κ3) is 8.09. The van der Waals surface area contributed by atoms with Crippen molar-refractivity contribution in [2.45, 2.75) is 43.4 Å². The summed E-state index contributed by atoms with van der Waals surface area (Å²) in [5.41, 5.74) is 4.58. The molecule has 2 unspecified atom stereocenters. The summed E-state index contributed by atoms with van der Waals surface area (Å²) >= 11 is 3.51. The monoisotopic (exact) mass is 616 g/mol. The van der Waals surface area contributed by atoms with Crippen LogP contribution >= 0.6 is 15.9 Å². The van der Waals surface area contributed by atoms with Gasteiger partial charge in [-0.2, -0.15) is 0 Å². The third-order valence-corrected chi connectivity index (χ3v) is 8.17. The fraction of sp³-hybridized carbons (Fsp3) is 0.324. The van der Waals surface area contributed by atoms with Gasteiger partial charge in [-0.05, 0) is 57.6 Å². The topological polar surface area (TPSA) is 71.1 Å². The van der Waals surface area contributed by atoms with Crippen LogP contribution in [0.2, 0.25) is 0 Å². The summed E-state index contributed by atoms with van der Waals surface area (Å²) in [7, 11) is 0. The van der Waals surface area contributed by atoms with Crippen LogP contribution < -0.4 is 9.84 Å². The van der Waals surface area contributed by atoms with E-state index in [9.17, 15) is 9.90 Å². The SMILES string of the molecule is O=C([O-])N1CCC(c2ccc(OCCCOCc3ccccc3)cc2)C(OCc2ccc3cc(CBr)ccc3c2)C1. The lowest BCUT2D eigenvalue weighted by atomic mass is 9.87. The molecule has 41 heavy (non-hydrogen) atoms. The third-order valence-electron chi connectivity index (χ3n) is 7.53. The number of hydrogen-bond acceptors (Lipinski definition) is 5. The zero-order valence-electron chi connectivity index (χ0n) is 23.0. The normalized spacial score (nSPS) is 17.0. The molecule has 2 atom stereocenters. The lowest BCUT2D eigenvalue weighted by Gasteiger charge is -2.40. The molecular weight excluding hydrogens is 582 g/mol. The second-order valence-corrected chi connectivity index (χ2v) is 11.0. The van der Waals surface area contributed by atoms with E-state index in [1.54, 1.807) is 0 Å². The van der Waals surface area contributed by atoms with Gasteiger partial charge >= 0.3 is 0 Å². The first kappa shape index (κ1) is 29.1. The van der Waals surface area contributed by atoms with Gasteiger partial charge in [0.2, 0.25) is 0 Å². The number of alkyl halides is 1. The molecule has 214 valence electrons. The first-order chi connectivity index (χ1) is 20.1. The number of carboxylic acid groups (broad SMARTS) is 1. The Kier molecular flexibility index (Phi) is 10.3. The minimum Gasteiger partial charge on any atom is -0.530 e. The number of halogens is 1. The van der Waals surface area contributed by atoms with Crippen LogP contribution in [0.3, 0.4) is 0 Å². The number of piperidine rings is 1. The molecule has 0 radical (unpaired) electrons. The molecule has 1 heterocycles. The number of rotatable bonds is 12. The number of carbonyl (C=O) groups excluding carboxylic acids is 1. The fourth-order valence-corrected chi connectivity index (χ4v) is 5.63. The first-order valence-corrected chi connectivity index (χ1v) is 15.2. The van der Waals surface area contributed by atoms with Crippen LogP contribution in [0.5, 0.6) is 5.75 Å². The number of carbonyl (C=O) groups is 1. The quantitative estimate of drug-likeness (QED) is 0.135. The summed E-state index contributed by atoms with van der Waals surface area (Å²) in [6.45, 7) is 2.95. The molecule has 0 aliphatic carbocycles. The van der Waals surface area contributed by atoms with Gasteiger partial charge in [0.05, 0.1) is 32.5 Å². The Morgan fingerprint density at radius 3 is 2.32 bits per heavy atom. The Hall–Kier alpha value is -3.39. The van der Waals surface area contributed by atoms with E-state index in [0.717, 1.165) is 39.6 Å². The molecule has 0 N–H and O–H groups in total. The van der Waals surface area contributed by atoms with E-state index in [4.69, 9.17) is 14.2 Å². The molecule has 0 aromatic heterocycles. The zero-order chi connectivity index (χ0) is 28.4. The zero-order valence-corrected chi connectivity index (χ0v) is 24.6. The lowest BCUT2D eigenvalue weighted by molar-refractivity contribution is -0.268. The van der Waals surface area contributed by atoms with Crippen molar-refractivity contribution < 1.29 is 24.1 Å². The number of ether oxygens (including phenoxy) is 3. The van der Waals surface area contributed by atoms with E-state index < -0.39 is 6.09 Å². The van der Waals surface area contributed by atoms with Gasteiger partial charge in [-0.3, -0.25) is 0 Å². The second kappa shape index (κ2) is 14.5. The highest BCUT2D eigenvalue weighted by Gasteiger charge is 2.31. The van der Waals surface area contributed by atoms with Crippen molar-refractivity contribution in [2.24, 2.45) is 0 Å². The van der Waals surface area contributed by atoms with E-state index in [-0.39, 0.29) is 18.6 Å². The van der Waals surface area contributed by atoms with Crippen molar-refractivity contribution >= 4 is 32.8 Å². The smallest absolute Gasteiger partial charge is 0.137 e. The first-order valence-electron chi connectivity index (χ1n) is 14.1. The highest BCUT2D eigenvalue weighted by Crippen LogP contribution is 2.32. The summed E-state index contributed by atoms with van der Waals surface area (Å²) < 4.78 is 18.0. The maximum absolute atomic E-state index is 11.6. The number of amides is 1. The Morgan fingerprint density at radius 2 is 1.59 bits per heavy atom. The van der Waals surface area contributed by atoms with Gasteiger partial charge in [0, 0.05) is 30.8 Å². The minimum atomic E-state index is -1.15. The Balaban J connectivity index is 1.15. The second-order valence-electron chi connectivity index (χ2n) is 10.4. The molecule has 7 heteroatoms. The molecule has 1 amide bonds. The molecule has 0 spiro atoms. The van der Waals surface area contributed by atoms with Gasteiger partial charge in [-0.15, -0.1) is 0 Å². The van der Waals surface area contributed by atoms with Crippen LogP contribution in [0.15, 0.2) is 91.0 Å². The Morgan fingerprint density at radius 1 is 0.854 bits per heavy atom. The summed E-state index contributed by atoms with van der Waals surface area (Å²) in [5.74, 6) is 0.883. The van der Waals surface area contributed by atoms with E-state index in [1.807, 2.05) is 30.3 Å². The van der Waals surface area contributed by atoms with Crippen molar-refractivity contribution in [2.75, 3.05) is 26.3 Å². The van der Waals surface area contributed by atoms with Gasteiger partial charge in [0.25, 0.3) is 0 Å². The van der Waals surface area contributed by atoms with Crippen LogP contribution in [-0.4, -0.2) is 43.4 Å². The molecule has 4 aromatic carbocycles. The van der Waals surface area contributed by atoms with Gasteiger partial charge in [-0.1, -0.05) is 88.7 Å². The highest BCUT2D eigenvalue weighted by atomic mass is 79.9. The highest BCUT2D eigenvalue weighted by molar-refractivity contribution is 9.08. The minimum absolute atomic E-state index is 0.0768. The van der Waals surface area contributed by atoms with Crippen molar-refractivity contribution in [3.05, 3.63) is 113 Å². The van der Waals surface area contributed by atoms with Gasteiger partial charge in [0.1, 0.15) is 11.8 Å². The van der Waals surface area contributed by atoms with Crippen molar-refractivity contribution in [3.8, 4) is 5.75 Å². The number of benzene rings is 4. The molecule has 1 aliphatic heterocycles. The van der Waals surface area contributed by atoms with Gasteiger partial charge in [-0.25, -0.2) is 0 Å². The fourth-order valence-electron chi connectivity index (χ4n) is 5.28. The van der Waals surface area contributed by atoms with E-state index in [0.29, 0.717) is 39.4 Å². The largest absolute Gasteiger partial charge is 0.530 e. The number of likely N-dealkylation sites (tertiary alicyclic amines) is 1. The van der Waals surface area contributed by atoms with E-state index in [2.05, 4.69) is 76.6 Å². The predicted octanol–water partition coefficient (Wildman–Crippen LogP) is 6.44. The van der Waals surface area contributed by atoms with Crippen LogP contribution in [0.4, 0.5) is 4.79 Å². The summed E-state index contributed by atoms with van der Waals surface area (Å²) in [5, 5.41) is 14.8. The molecule has 1 aliphatic rings. The molecule has 0 saturated carbocycles. The van der Waals surface area contributed by atoms with Crippen molar-refractivity contribution in [1.82, 2.24) is 4.90 Å². The molecule has 6 nitrogen and oxygen atoms in total. The molecular formula is C34H35BrNO5-. The Labute approximate surface area is 250 Å². The van der Waals surface area contributed by atoms with Crippen LogP contribution in [0.25, 0.3) is 10.8 Å². The summed E-state index contributed by atoms with van der Waals surface area (Å²) in [6, 6.07) is 31.0. The average Bonchev–Trinajstić information content (AvgIpc) is 3.02. The summed E-state index contributed by atoms with van der Waals surface area (Å²) in [4.78, 5) is 13.0. The maximum Gasteiger partial charge on any atom is 0.137 e. The summed E-state index contributed by atoms with van der Waals surface area (Å²) in [6.07, 6.45) is 0.0482. The molecule has 5 rings (SSSR count). The molecule has 0 bridgehead atoms. The van der Waals surface area contributed by atoms with Crippen LogP contribution in [0.1, 0.15) is 41.0 Å². The van der Waals surface area contributed by atoms with Crippen molar-refractivity contribution in [3.63, 3.8) is 0 Å². The van der Waals surface area contributed by atoms with Crippen LogP contribution in [-0.2, 0) is 28.0 Å². The number of hydrogen-bond donors (Lipinski definition) is 0. The molecule has 1 saturated heterocycles. The average molecular weight is 618 g/mol.